The topological polar surface area (TPSA) is 20.7 Å². The van der Waals surface area contributed by atoms with Crippen LogP contribution in [0.3, 0.4) is 0 Å². The average molecular weight is 372 g/mol. The molecule has 0 fully saturated rings. The molecule has 0 radical (unpaired) electrons. The van der Waals surface area contributed by atoms with Crippen LogP contribution in [-0.4, -0.2) is 9.55 Å². The molecule has 29 heavy (non-hydrogen) atoms. The van der Waals surface area contributed by atoms with Crippen LogP contribution in [0.15, 0.2) is 78.9 Å². The maximum absolute atomic E-state index is 3.74. The summed E-state index contributed by atoms with van der Waals surface area (Å²) >= 11 is 0. The number of fused-ring (bicyclic) bond motifs is 9. The zero-order valence-corrected chi connectivity index (χ0v) is 16.5. The number of para-hydroxylation sites is 3. The van der Waals surface area contributed by atoms with Gasteiger partial charge in [0.1, 0.15) is 0 Å². The molecule has 0 unspecified atom stereocenters. The lowest BCUT2D eigenvalue weighted by Crippen LogP contribution is -2.26. The minimum atomic E-state index is -0.0637. The zero-order chi connectivity index (χ0) is 19.3. The van der Waals surface area contributed by atoms with Crippen LogP contribution in [0.1, 0.15) is 25.0 Å². The van der Waals surface area contributed by atoms with Gasteiger partial charge in [-0.25, -0.2) is 0 Å². The molecule has 2 heteroatoms. The minimum absolute atomic E-state index is 0.0637. The molecule has 2 aromatic heterocycles. The molecule has 0 atom stereocenters. The Hall–Kier alpha value is -3.52. The molecule has 1 N–H and O–H groups in total. The van der Waals surface area contributed by atoms with Crippen molar-refractivity contribution < 1.29 is 0 Å². The fourth-order valence-corrected chi connectivity index (χ4v) is 5.54. The molecule has 4 aromatic carbocycles. The Morgan fingerprint density at radius 3 is 2.34 bits per heavy atom. The van der Waals surface area contributed by atoms with Crippen molar-refractivity contribution in [3.05, 3.63) is 90.0 Å². The number of hydrogen-bond acceptors (Lipinski definition) is 0. The van der Waals surface area contributed by atoms with E-state index < -0.39 is 0 Å². The Morgan fingerprint density at radius 2 is 1.45 bits per heavy atom. The third kappa shape index (κ3) is 1.69. The van der Waals surface area contributed by atoms with E-state index in [9.17, 15) is 0 Å². The lowest BCUT2D eigenvalue weighted by atomic mass is 9.74. The summed E-state index contributed by atoms with van der Waals surface area (Å²) in [5.74, 6) is 0. The highest BCUT2D eigenvalue weighted by atomic mass is 15.0. The van der Waals surface area contributed by atoms with Gasteiger partial charge in [-0.3, -0.25) is 0 Å². The van der Waals surface area contributed by atoms with Crippen molar-refractivity contribution in [2.24, 2.45) is 0 Å². The van der Waals surface area contributed by atoms with Gasteiger partial charge in [0.05, 0.1) is 22.2 Å². The van der Waals surface area contributed by atoms with E-state index >= 15 is 0 Å². The van der Waals surface area contributed by atoms with Gasteiger partial charge < -0.3 is 9.55 Å². The van der Waals surface area contributed by atoms with Crippen LogP contribution in [0.25, 0.3) is 49.3 Å². The minimum Gasteiger partial charge on any atom is -0.354 e. The molecule has 0 amide bonds. The van der Waals surface area contributed by atoms with Crippen molar-refractivity contribution in [1.82, 2.24) is 9.55 Å². The average Bonchev–Trinajstić information content (AvgIpc) is 3.28. The Labute approximate surface area is 168 Å². The predicted molar refractivity (Wildman–Crippen MR) is 122 cm³/mol. The zero-order valence-electron chi connectivity index (χ0n) is 16.5. The fourth-order valence-electron chi connectivity index (χ4n) is 5.54. The maximum Gasteiger partial charge on any atom is 0.0603 e. The fraction of sp³-hybridized carbons (Fsp3) is 0.111. The Kier molecular flexibility index (Phi) is 2.60. The van der Waals surface area contributed by atoms with Crippen LogP contribution in [0.5, 0.6) is 0 Å². The molecule has 0 bridgehead atoms. The highest BCUT2D eigenvalue weighted by molar-refractivity contribution is 6.26. The van der Waals surface area contributed by atoms with Gasteiger partial charge in [0.2, 0.25) is 0 Å². The van der Waals surface area contributed by atoms with Gasteiger partial charge >= 0.3 is 0 Å². The van der Waals surface area contributed by atoms with Gasteiger partial charge in [-0.2, -0.15) is 0 Å². The van der Waals surface area contributed by atoms with Gasteiger partial charge in [0.25, 0.3) is 0 Å². The molecule has 1 aliphatic heterocycles. The van der Waals surface area contributed by atoms with Gasteiger partial charge in [0, 0.05) is 32.5 Å². The first-order valence-electron chi connectivity index (χ1n) is 10.2. The number of nitrogens with zero attached hydrogens (tertiary/aromatic N) is 1. The van der Waals surface area contributed by atoms with Gasteiger partial charge in [-0.05, 0) is 35.4 Å². The Morgan fingerprint density at radius 1 is 0.724 bits per heavy atom. The van der Waals surface area contributed by atoms with Crippen molar-refractivity contribution in [2.45, 2.75) is 19.3 Å². The number of nitrogens with one attached hydrogen (secondary N) is 1. The lowest BCUT2D eigenvalue weighted by molar-refractivity contribution is 0.631. The van der Waals surface area contributed by atoms with Crippen molar-refractivity contribution in [2.75, 3.05) is 0 Å². The number of aromatic amines is 1. The second-order valence-electron chi connectivity index (χ2n) is 8.74. The summed E-state index contributed by atoms with van der Waals surface area (Å²) in [5, 5.41) is 5.27. The second kappa shape index (κ2) is 4.90. The first kappa shape index (κ1) is 15.4. The molecular formula is C27H20N2. The smallest absolute Gasteiger partial charge is 0.0603 e. The van der Waals surface area contributed by atoms with Crippen LogP contribution >= 0.6 is 0 Å². The quantitative estimate of drug-likeness (QED) is 0.295. The molecular weight excluding hydrogens is 352 g/mol. The number of aromatic nitrogens is 2. The molecule has 0 aliphatic carbocycles. The van der Waals surface area contributed by atoms with E-state index in [-0.39, 0.29) is 5.41 Å². The van der Waals surface area contributed by atoms with E-state index in [2.05, 4.69) is 102 Å². The van der Waals surface area contributed by atoms with Crippen molar-refractivity contribution in [3.63, 3.8) is 0 Å². The third-order valence-electron chi connectivity index (χ3n) is 6.91. The number of rotatable bonds is 0. The van der Waals surface area contributed by atoms with E-state index in [4.69, 9.17) is 0 Å². The molecule has 2 nitrogen and oxygen atoms in total. The molecule has 1 aliphatic rings. The molecule has 138 valence electrons. The van der Waals surface area contributed by atoms with Gasteiger partial charge in [0.15, 0.2) is 0 Å². The molecule has 0 spiro atoms. The van der Waals surface area contributed by atoms with Crippen molar-refractivity contribution in [3.8, 4) is 5.69 Å². The molecule has 3 heterocycles. The summed E-state index contributed by atoms with van der Waals surface area (Å²) in [6.07, 6.45) is 0. The van der Waals surface area contributed by atoms with Crippen LogP contribution in [0, 0.1) is 0 Å². The van der Waals surface area contributed by atoms with Crippen LogP contribution in [-0.2, 0) is 5.41 Å². The van der Waals surface area contributed by atoms with Crippen molar-refractivity contribution >= 4 is 43.6 Å². The summed E-state index contributed by atoms with van der Waals surface area (Å²) < 4.78 is 2.48. The van der Waals surface area contributed by atoms with E-state index in [0.717, 1.165) is 0 Å². The monoisotopic (exact) mass is 372 g/mol. The van der Waals surface area contributed by atoms with Gasteiger partial charge in [-0.1, -0.05) is 68.4 Å². The van der Waals surface area contributed by atoms with Crippen LogP contribution < -0.4 is 0 Å². The third-order valence-corrected chi connectivity index (χ3v) is 6.91. The summed E-state index contributed by atoms with van der Waals surface area (Å²) in [5.41, 5.74) is 9.08. The Balaban J connectivity index is 1.87. The van der Waals surface area contributed by atoms with E-state index in [1.807, 2.05) is 0 Å². The number of H-pyrrole nitrogens is 1. The predicted octanol–water partition coefficient (Wildman–Crippen LogP) is 7.06. The second-order valence-corrected chi connectivity index (χ2v) is 8.74. The largest absolute Gasteiger partial charge is 0.354 e. The van der Waals surface area contributed by atoms with E-state index in [1.54, 1.807) is 0 Å². The molecule has 6 aromatic rings. The summed E-state index contributed by atoms with van der Waals surface area (Å²) in [4.78, 5) is 3.74. The standard InChI is InChI=1S/C27H20N2/c1-27(2)19-11-5-8-14-23(19)29-22-13-7-4-10-17(22)24-25-18(15-20(27)26(24)29)16-9-3-6-12-21(16)28-25/h3-15,28H,1-2H3. The highest BCUT2D eigenvalue weighted by Gasteiger charge is 2.36. The van der Waals surface area contributed by atoms with E-state index in [0.29, 0.717) is 0 Å². The lowest BCUT2D eigenvalue weighted by Gasteiger charge is -2.34. The maximum atomic E-state index is 3.74. The number of benzene rings is 4. The first-order chi connectivity index (χ1) is 14.2. The molecule has 0 saturated heterocycles. The first-order valence-corrected chi connectivity index (χ1v) is 10.2. The molecule has 0 saturated carbocycles. The highest BCUT2D eigenvalue weighted by Crippen LogP contribution is 2.50. The van der Waals surface area contributed by atoms with Crippen LogP contribution in [0.2, 0.25) is 0 Å². The normalized spacial score (nSPS) is 14.8. The molecule has 7 rings (SSSR count). The van der Waals surface area contributed by atoms with Crippen molar-refractivity contribution in [1.29, 1.82) is 0 Å². The summed E-state index contributed by atoms with van der Waals surface area (Å²) in [7, 11) is 0. The summed E-state index contributed by atoms with van der Waals surface area (Å²) in [6.45, 7) is 4.73. The SMILES string of the molecule is CC1(C)c2ccccc2-n2c3ccccc3c3c4[nH]c5ccccc5c4cc1c32. The van der Waals surface area contributed by atoms with E-state index in [1.165, 1.54) is 60.4 Å². The Bertz CT molecular complexity index is 1630. The van der Waals surface area contributed by atoms with Crippen LogP contribution in [0.4, 0.5) is 0 Å². The van der Waals surface area contributed by atoms with Gasteiger partial charge in [-0.15, -0.1) is 0 Å². The number of hydrogen-bond donors (Lipinski definition) is 1. The summed E-state index contributed by atoms with van der Waals surface area (Å²) in [6, 6.07) is 28.8.